The summed E-state index contributed by atoms with van der Waals surface area (Å²) in [7, 11) is -2.42. The lowest BCUT2D eigenvalue weighted by Gasteiger charge is -2.45. The van der Waals surface area contributed by atoms with E-state index in [-0.39, 0.29) is 29.8 Å². The molecule has 0 heterocycles. The van der Waals surface area contributed by atoms with Gasteiger partial charge in [0, 0.05) is 27.5 Å². The Hall–Kier alpha value is -2.60. The lowest BCUT2D eigenvalue weighted by atomic mass is 10.1. The van der Waals surface area contributed by atoms with Gasteiger partial charge in [0.05, 0.1) is 32.5 Å². The fraction of sp³-hybridized carbons (Fsp3) is 0.486. The van der Waals surface area contributed by atoms with E-state index in [1.54, 1.807) is 14.0 Å². The molecule has 6 nitrogen and oxygen atoms in total. The van der Waals surface area contributed by atoms with Crippen LogP contribution in [0.5, 0.6) is 5.75 Å². The maximum atomic E-state index is 12.7. The molecule has 0 radical (unpaired) electrons. The predicted molar refractivity (Wildman–Crippen MR) is 189 cm³/mol. The topological polar surface area (TPSA) is 63.2 Å². The number of carbonyl (C=O) groups excluding carboxylic acids is 1. The average Bonchev–Trinajstić information content (AvgIpc) is 2.99. The van der Waals surface area contributed by atoms with Gasteiger partial charge >= 0.3 is 0 Å². The summed E-state index contributed by atoms with van der Waals surface area (Å²) >= 11 is 0. The first-order valence-corrected chi connectivity index (χ1v) is 21.6. The van der Waals surface area contributed by atoms with Gasteiger partial charge in [0.15, 0.2) is 0 Å². The van der Waals surface area contributed by atoms with Crippen LogP contribution >= 0.6 is 0 Å². The minimum absolute atomic E-state index is 0.0856. The molecule has 3 aromatic rings. The van der Waals surface area contributed by atoms with E-state index in [0.29, 0.717) is 32.7 Å². The number of rotatable bonds is 19. The summed E-state index contributed by atoms with van der Waals surface area (Å²) in [4.78, 5) is 12.7. The summed E-state index contributed by atoms with van der Waals surface area (Å²) in [6.07, 6.45) is 0.121. The van der Waals surface area contributed by atoms with E-state index >= 15 is 0 Å². The van der Waals surface area contributed by atoms with Gasteiger partial charge in [-0.1, -0.05) is 113 Å². The highest BCUT2D eigenvalue weighted by molar-refractivity contribution is 6.99. The van der Waals surface area contributed by atoms with Gasteiger partial charge in [-0.3, -0.25) is 4.79 Å². The third kappa shape index (κ3) is 11.6. The van der Waals surface area contributed by atoms with Crippen molar-refractivity contribution in [1.82, 2.24) is 0 Å². The lowest BCUT2D eigenvalue weighted by molar-refractivity contribution is -0.120. The summed E-state index contributed by atoms with van der Waals surface area (Å²) in [5, 5.41) is 2.14. The van der Waals surface area contributed by atoms with E-state index in [1.165, 1.54) is 10.4 Å². The van der Waals surface area contributed by atoms with Gasteiger partial charge in [0.2, 0.25) is 0 Å². The van der Waals surface area contributed by atoms with Gasteiger partial charge in [-0.05, 0) is 46.1 Å². The number of ether oxygens (including phenoxy) is 4. The largest absolute Gasteiger partial charge is 0.497 e. The molecule has 8 heteroatoms. The van der Waals surface area contributed by atoms with E-state index in [9.17, 15) is 4.79 Å². The monoisotopic (exact) mass is 650 g/mol. The number of ketones is 1. The molecule has 0 saturated carbocycles. The Balaban J connectivity index is 1.89. The molecule has 3 aromatic carbocycles. The summed E-state index contributed by atoms with van der Waals surface area (Å²) in [6, 6.07) is 30.0. The Morgan fingerprint density at radius 1 is 0.800 bits per heavy atom. The Kier molecular flexibility index (Phi) is 14.2. The molecule has 0 aromatic heterocycles. The maximum Gasteiger partial charge on any atom is 0.261 e. The van der Waals surface area contributed by atoms with Crippen LogP contribution in [0.15, 0.2) is 84.9 Å². The van der Waals surface area contributed by atoms with Crippen molar-refractivity contribution in [2.24, 2.45) is 0 Å². The minimum atomic E-state index is -2.89. The first-order chi connectivity index (χ1) is 21.3. The highest BCUT2D eigenvalue weighted by atomic mass is 28.4. The van der Waals surface area contributed by atoms with Gasteiger partial charge in [-0.15, -0.1) is 0 Å². The Bertz CT molecular complexity index is 1230. The van der Waals surface area contributed by atoms with E-state index in [4.69, 9.17) is 23.4 Å². The molecule has 3 rings (SSSR count). The van der Waals surface area contributed by atoms with E-state index < -0.39 is 16.4 Å². The van der Waals surface area contributed by atoms with Crippen molar-refractivity contribution in [1.29, 1.82) is 0 Å². The number of Topliss-reactive ketones (excluding diaryl/α,β-unsaturated/α-hetero) is 1. The third-order valence-corrected chi connectivity index (χ3v) is 14.7. The quantitative estimate of drug-likeness (QED) is 0.0776. The van der Waals surface area contributed by atoms with Crippen molar-refractivity contribution in [2.45, 2.75) is 90.1 Å². The molecule has 0 aliphatic heterocycles. The molecule has 2 atom stereocenters. The van der Waals surface area contributed by atoms with Crippen LogP contribution in [0.4, 0.5) is 0 Å². The third-order valence-electron chi connectivity index (χ3n) is 7.91. The van der Waals surface area contributed by atoms with Gasteiger partial charge in [-0.25, -0.2) is 0 Å². The van der Waals surface area contributed by atoms with Crippen LogP contribution in [-0.4, -0.2) is 61.5 Å². The van der Waals surface area contributed by atoms with Crippen LogP contribution in [0.25, 0.3) is 0 Å². The van der Waals surface area contributed by atoms with Crippen LogP contribution in [0.3, 0.4) is 0 Å². The Morgan fingerprint density at radius 3 is 1.87 bits per heavy atom. The fourth-order valence-electron chi connectivity index (χ4n) is 5.52. The molecule has 0 aliphatic carbocycles. The van der Waals surface area contributed by atoms with Gasteiger partial charge in [0.25, 0.3) is 8.32 Å². The molecule has 0 amide bonds. The summed E-state index contributed by atoms with van der Waals surface area (Å²) in [5.74, 6) is 0.886. The number of benzene rings is 3. The molecule has 0 bridgehead atoms. The van der Waals surface area contributed by atoms with E-state index in [1.807, 2.05) is 36.4 Å². The SMILES string of the molecule is COc1ccc(CO[C@@H](COCOCC[Si](C)(C)C)C[C@@H](CC(C)=O)O[Si](c2ccccc2)(c2ccccc2)C(C)(C)C)cc1. The minimum Gasteiger partial charge on any atom is -0.497 e. The highest BCUT2D eigenvalue weighted by Gasteiger charge is 2.51. The maximum absolute atomic E-state index is 12.7. The lowest BCUT2D eigenvalue weighted by Crippen LogP contribution is -2.68. The van der Waals surface area contributed by atoms with Crippen LogP contribution in [0, 0.1) is 0 Å². The van der Waals surface area contributed by atoms with Gasteiger partial charge < -0.3 is 23.4 Å². The molecule has 246 valence electrons. The van der Waals surface area contributed by atoms with Crippen LogP contribution in [-0.2, 0) is 30.0 Å². The second-order valence-corrected chi connectivity index (χ2v) is 23.9. The molecular weight excluding hydrogens is 597 g/mol. The second kappa shape index (κ2) is 17.4. The number of carbonyl (C=O) groups is 1. The normalized spacial score (nSPS) is 13.8. The van der Waals surface area contributed by atoms with Crippen molar-refractivity contribution >= 4 is 32.5 Å². The molecule has 0 fully saturated rings. The van der Waals surface area contributed by atoms with E-state index in [2.05, 4.69) is 88.9 Å². The van der Waals surface area contributed by atoms with Crippen LogP contribution < -0.4 is 15.1 Å². The molecule has 0 unspecified atom stereocenters. The zero-order valence-electron chi connectivity index (χ0n) is 28.6. The van der Waals surface area contributed by atoms with Crippen LogP contribution in [0.2, 0.25) is 30.7 Å². The number of hydrogen-bond acceptors (Lipinski definition) is 6. The first kappa shape index (κ1) is 36.9. The molecule has 0 N–H and O–H groups in total. The molecule has 45 heavy (non-hydrogen) atoms. The molecule has 0 aliphatic rings. The summed E-state index contributed by atoms with van der Waals surface area (Å²) in [5.41, 5.74) is 1.03. The van der Waals surface area contributed by atoms with Gasteiger partial charge in [-0.2, -0.15) is 0 Å². The fourth-order valence-corrected chi connectivity index (χ4v) is 11.0. The molecule has 0 spiro atoms. The van der Waals surface area contributed by atoms with Gasteiger partial charge in [0.1, 0.15) is 18.3 Å². The Morgan fingerprint density at radius 2 is 1.38 bits per heavy atom. The zero-order valence-corrected chi connectivity index (χ0v) is 30.6. The van der Waals surface area contributed by atoms with E-state index in [0.717, 1.165) is 17.4 Å². The Labute approximate surface area is 273 Å². The number of hydrogen-bond donors (Lipinski definition) is 0. The van der Waals surface area contributed by atoms with Crippen molar-refractivity contribution in [3.8, 4) is 5.75 Å². The van der Waals surface area contributed by atoms with Crippen molar-refractivity contribution in [3.63, 3.8) is 0 Å². The van der Waals surface area contributed by atoms with Crippen LogP contribution in [0.1, 0.15) is 46.1 Å². The summed E-state index contributed by atoms with van der Waals surface area (Å²) < 4.78 is 31.1. The van der Waals surface area contributed by atoms with Crippen molar-refractivity contribution < 1.29 is 28.2 Å². The highest BCUT2D eigenvalue weighted by Crippen LogP contribution is 2.38. The predicted octanol–water partition coefficient (Wildman–Crippen LogP) is 7.22. The zero-order chi connectivity index (χ0) is 32.9. The van der Waals surface area contributed by atoms with Crippen molar-refractivity contribution in [3.05, 3.63) is 90.5 Å². The molecular formula is C37H54O6Si2. The smallest absolute Gasteiger partial charge is 0.261 e. The van der Waals surface area contributed by atoms with Crippen molar-refractivity contribution in [2.75, 3.05) is 27.1 Å². The molecule has 0 saturated heterocycles. The second-order valence-electron chi connectivity index (χ2n) is 14.0. The first-order valence-electron chi connectivity index (χ1n) is 16.0. The summed E-state index contributed by atoms with van der Waals surface area (Å²) in [6.45, 7) is 17.0. The standard InChI is InChI=1S/C37H54O6Si2/c1-30(38)25-33(43-45(37(2,3)4,35-15-11-9-12-16-35)36-17-13-10-14-18-36)26-34(28-41-29-40-23-24-44(6,7)8)42-27-31-19-21-32(39-5)22-20-31/h9-22,33-34H,23-29H2,1-8H3/t33-,34-/m1/s1. The number of methoxy groups -OCH3 is 1. The average molecular weight is 651 g/mol.